The second kappa shape index (κ2) is 5.48. The minimum Gasteiger partial charge on any atom is -0.481 e. The SMILES string of the molecule is Cc1c(Cl)ccc2c1NCCCN2CCC(=O)O. The first-order valence-corrected chi connectivity index (χ1v) is 6.47. The van der Waals surface area contributed by atoms with Crippen LogP contribution >= 0.6 is 11.6 Å². The lowest BCUT2D eigenvalue weighted by Gasteiger charge is -2.24. The topological polar surface area (TPSA) is 52.6 Å². The van der Waals surface area contributed by atoms with Gasteiger partial charge in [0.25, 0.3) is 0 Å². The van der Waals surface area contributed by atoms with Gasteiger partial charge in [-0.3, -0.25) is 4.79 Å². The van der Waals surface area contributed by atoms with Crippen LogP contribution in [0, 0.1) is 6.92 Å². The lowest BCUT2D eigenvalue weighted by Crippen LogP contribution is -2.26. The number of halogens is 1. The summed E-state index contributed by atoms with van der Waals surface area (Å²) in [4.78, 5) is 12.8. The number of benzene rings is 1. The van der Waals surface area contributed by atoms with Crippen molar-refractivity contribution in [3.8, 4) is 0 Å². The molecule has 1 heterocycles. The molecule has 1 aromatic rings. The first kappa shape index (κ1) is 13.0. The Labute approximate surface area is 112 Å². The fraction of sp³-hybridized carbons (Fsp3) is 0.462. The van der Waals surface area contributed by atoms with Crippen molar-refractivity contribution >= 4 is 28.9 Å². The van der Waals surface area contributed by atoms with Crippen LogP contribution in [0.15, 0.2) is 12.1 Å². The van der Waals surface area contributed by atoms with Gasteiger partial charge >= 0.3 is 5.97 Å². The molecule has 1 aliphatic heterocycles. The molecule has 4 nitrogen and oxygen atoms in total. The molecule has 5 heteroatoms. The van der Waals surface area contributed by atoms with E-state index in [1.54, 1.807) is 0 Å². The first-order valence-electron chi connectivity index (χ1n) is 6.09. The number of nitrogens with zero attached hydrogens (tertiary/aromatic N) is 1. The van der Waals surface area contributed by atoms with Gasteiger partial charge in [0, 0.05) is 24.7 Å². The Bertz CT molecular complexity index is 463. The largest absolute Gasteiger partial charge is 0.481 e. The van der Waals surface area contributed by atoms with Crippen LogP contribution in [0.25, 0.3) is 0 Å². The molecule has 0 unspecified atom stereocenters. The Hall–Kier alpha value is -1.42. The van der Waals surface area contributed by atoms with Crippen LogP contribution in [0.3, 0.4) is 0 Å². The maximum atomic E-state index is 10.7. The molecule has 0 saturated carbocycles. The Morgan fingerprint density at radius 2 is 2.33 bits per heavy atom. The number of fused-ring (bicyclic) bond motifs is 1. The Kier molecular flexibility index (Phi) is 3.97. The molecule has 0 spiro atoms. The van der Waals surface area contributed by atoms with E-state index >= 15 is 0 Å². The van der Waals surface area contributed by atoms with Crippen molar-refractivity contribution in [3.63, 3.8) is 0 Å². The Morgan fingerprint density at radius 1 is 1.56 bits per heavy atom. The van der Waals surface area contributed by atoms with Crippen molar-refractivity contribution in [3.05, 3.63) is 22.7 Å². The third-order valence-corrected chi connectivity index (χ3v) is 3.63. The highest BCUT2D eigenvalue weighted by molar-refractivity contribution is 6.32. The summed E-state index contributed by atoms with van der Waals surface area (Å²) in [6, 6.07) is 3.83. The van der Waals surface area contributed by atoms with E-state index in [2.05, 4.69) is 10.2 Å². The van der Waals surface area contributed by atoms with E-state index in [0.29, 0.717) is 6.54 Å². The lowest BCUT2D eigenvalue weighted by atomic mass is 10.1. The zero-order valence-corrected chi connectivity index (χ0v) is 11.1. The van der Waals surface area contributed by atoms with Crippen LogP contribution in [-0.2, 0) is 4.79 Å². The minimum absolute atomic E-state index is 0.154. The Morgan fingerprint density at radius 3 is 3.06 bits per heavy atom. The summed E-state index contributed by atoms with van der Waals surface area (Å²) >= 11 is 6.12. The molecule has 18 heavy (non-hydrogen) atoms. The van der Waals surface area contributed by atoms with Gasteiger partial charge in [-0.25, -0.2) is 0 Å². The first-order chi connectivity index (χ1) is 8.59. The number of anilines is 2. The van der Waals surface area contributed by atoms with Crippen LogP contribution in [-0.4, -0.2) is 30.7 Å². The molecule has 0 bridgehead atoms. The van der Waals surface area contributed by atoms with Crippen LogP contribution in [0.2, 0.25) is 5.02 Å². The molecule has 1 aromatic carbocycles. The van der Waals surface area contributed by atoms with E-state index in [0.717, 1.165) is 41.5 Å². The fourth-order valence-corrected chi connectivity index (χ4v) is 2.38. The van der Waals surface area contributed by atoms with Crippen molar-refractivity contribution in [2.75, 3.05) is 29.9 Å². The molecule has 0 radical (unpaired) electrons. The summed E-state index contributed by atoms with van der Waals surface area (Å²) in [5.41, 5.74) is 3.11. The van der Waals surface area contributed by atoms with Gasteiger partial charge in [0.15, 0.2) is 0 Å². The number of rotatable bonds is 3. The smallest absolute Gasteiger partial charge is 0.305 e. The number of aliphatic carboxylic acids is 1. The van der Waals surface area contributed by atoms with Crippen LogP contribution in [0.1, 0.15) is 18.4 Å². The van der Waals surface area contributed by atoms with E-state index in [4.69, 9.17) is 16.7 Å². The molecule has 1 aliphatic rings. The van der Waals surface area contributed by atoms with Gasteiger partial charge in [0.1, 0.15) is 0 Å². The van der Waals surface area contributed by atoms with Crippen molar-refractivity contribution in [1.29, 1.82) is 0 Å². The maximum Gasteiger partial charge on any atom is 0.305 e. The molecule has 0 amide bonds. The zero-order chi connectivity index (χ0) is 13.1. The third kappa shape index (κ3) is 2.70. The summed E-state index contributed by atoms with van der Waals surface area (Å²) in [5, 5.41) is 12.9. The van der Waals surface area contributed by atoms with E-state index in [9.17, 15) is 4.79 Å². The normalized spacial score (nSPS) is 14.7. The summed E-state index contributed by atoms with van der Waals surface area (Å²) in [7, 11) is 0. The highest BCUT2D eigenvalue weighted by Crippen LogP contribution is 2.35. The van der Waals surface area contributed by atoms with Crippen LogP contribution in [0.4, 0.5) is 11.4 Å². The molecule has 98 valence electrons. The van der Waals surface area contributed by atoms with Gasteiger partial charge in [-0.15, -0.1) is 0 Å². The second-order valence-corrected chi connectivity index (χ2v) is 4.88. The number of hydrogen-bond acceptors (Lipinski definition) is 3. The lowest BCUT2D eigenvalue weighted by molar-refractivity contribution is -0.136. The molecule has 0 aliphatic carbocycles. The van der Waals surface area contributed by atoms with Gasteiger partial charge < -0.3 is 15.3 Å². The quantitative estimate of drug-likeness (QED) is 0.885. The molecule has 0 saturated heterocycles. The predicted molar refractivity (Wildman–Crippen MR) is 73.8 cm³/mol. The summed E-state index contributed by atoms with van der Waals surface area (Å²) in [5.74, 6) is -0.764. The number of nitrogens with one attached hydrogen (secondary N) is 1. The second-order valence-electron chi connectivity index (χ2n) is 4.48. The maximum absolute atomic E-state index is 10.7. The van der Waals surface area contributed by atoms with Crippen molar-refractivity contribution in [2.24, 2.45) is 0 Å². The minimum atomic E-state index is -0.764. The standard InChI is InChI=1S/C13H17ClN2O2/c1-9-10(14)3-4-11-13(9)15-6-2-7-16(11)8-5-12(17)18/h3-4,15H,2,5-8H2,1H3,(H,17,18). The highest BCUT2D eigenvalue weighted by atomic mass is 35.5. The monoisotopic (exact) mass is 268 g/mol. The number of carboxylic acids is 1. The third-order valence-electron chi connectivity index (χ3n) is 3.22. The predicted octanol–water partition coefficient (Wildman–Crippen LogP) is 2.75. The van der Waals surface area contributed by atoms with E-state index in [-0.39, 0.29) is 6.42 Å². The molecule has 2 rings (SSSR count). The highest BCUT2D eigenvalue weighted by Gasteiger charge is 2.18. The van der Waals surface area contributed by atoms with Crippen molar-refractivity contribution < 1.29 is 9.90 Å². The van der Waals surface area contributed by atoms with Gasteiger partial charge in [-0.05, 0) is 31.0 Å². The summed E-state index contributed by atoms with van der Waals surface area (Å²) in [6.07, 6.45) is 1.15. The summed E-state index contributed by atoms with van der Waals surface area (Å²) < 4.78 is 0. The van der Waals surface area contributed by atoms with E-state index in [1.165, 1.54) is 0 Å². The molecular formula is C13H17ClN2O2. The van der Waals surface area contributed by atoms with Crippen LogP contribution in [0.5, 0.6) is 0 Å². The van der Waals surface area contributed by atoms with Crippen molar-refractivity contribution in [2.45, 2.75) is 19.8 Å². The van der Waals surface area contributed by atoms with Gasteiger partial charge in [-0.2, -0.15) is 0 Å². The van der Waals surface area contributed by atoms with Crippen molar-refractivity contribution in [1.82, 2.24) is 0 Å². The van der Waals surface area contributed by atoms with Gasteiger partial charge in [0.05, 0.1) is 17.8 Å². The average molecular weight is 269 g/mol. The zero-order valence-electron chi connectivity index (χ0n) is 10.4. The number of hydrogen-bond donors (Lipinski definition) is 2. The van der Waals surface area contributed by atoms with E-state index < -0.39 is 5.97 Å². The fourth-order valence-electron chi connectivity index (χ4n) is 2.23. The average Bonchev–Trinajstić information content (AvgIpc) is 2.54. The van der Waals surface area contributed by atoms with Crippen LogP contribution < -0.4 is 10.2 Å². The summed E-state index contributed by atoms with van der Waals surface area (Å²) in [6.45, 7) is 4.27. The molecule has 0 fully saturated rings. The van der Waals surface area contributed by atoms with E-state index in [1.807, 2.05) is 19.1 Å². The molecule has 2 N–H and O–H groups in total. The molecule has 0 atom stereocenters. The van der Waals surface area contributed by atoms with Gasteiger partial charge in [-0.1, -0.05) is 11.6 Å². The molecule has 0 aromatic heterocycles. The number of carboxylic acid groups (broad SMARTS) is 1. The molecular weight excluding hydrogens is 252 g/mol. The Balaban J connectivity index is 2.30. The number of carbonyl (C=O) groups is 1. The van der Waals surface area contributed by atoms with Gasteiger partial charge in [0.2, 0.25) is 0 Å².